The van der Waals surface area contributed by atoms with Gasteiger partial charge < -0.3 is 18.6 Å². The van der Waals surface area contributed by atoms with Crippen LogP contribution in [-0.4, -0.2) is 30.9 Å². The van der Waals surface area contributed by atoms with Crippen LogP contribution in [0.25, 0.3) is 17.4 Å². The van der Waals surface area contributed by atoms with Crippen LogP contribution in [0.4, 0.5) is 0 Å². The molecule has 1 aliphatic rings. The summed E-state index contributed by atoms with van der Waals surface area (Å²) in [6.45, 7) is 5.93. The van der Waals surface area contributed by atoms with Gasteiger partial charge in [0, 0.05) is 25.1 Å². The largest absolute Gasteiger partial charge is 0.493 e. The maximum atomic E-state index is 14.0. The lowest BCUT2D eigenvalue weighted by molar-refractivity contribution is -0.139. The molecule has 8 nitrogen and oxygen atoms in total. The van der Waals surface area contributed by atoms with Gasteiger partial charge in [-0.15, -0.1) is 0 Å². The van der Waals surface area contributed by atoms with Crippen LogP contribution < -0.4 is 24.4 Å². The molecule has 0 fully saturated rings. The summed E-state index contributed by atoms with van der Waals surface area (Å²) in [7, 11) is 1.55. The van der Waals surface area contributed by atoms with Gasteiger partial charge in [-0.25, -0.2) is 9.79 Å². The zero-order valence-electron chi connectivity index (χ0n) is 23.0. The number of aromatic nitrogens is 1. The molecule has 12 heteroatoms. The number of carbonyl (C=O) groups excluding carboxylic acids is 1. The van der Waals surface area contributed by atoms with Crippen LogP contribution in [0.2, 0.25) is 0 Å². The molecule has 3 heterocycles. The third-order valence-corrected chi connectivity index (χ3v) is 9.34. The molecule has 1 atom stereocenters. The second kappa shape index (κ2) is 12.7. The van der Waals surface area contributed by atoms with Crippen LogP contribution in [0, 0.1) is 0 Å². The van der Waals surface area contributed by atoms with Gasteiger partial charge in [-0.1, -0.05) is 59.1 Å². The summed E-state index contributed by atoms with van der Waals surface area (Å²) < 4.78 is 27.2. The summed E-state index contributed by atoms with van der Waals surface area (Å²) in [5, 5.41) is 0. The van der Waals surface area contributed by atoms with Gasteiger partial charge in [0.05, 0.1) is 42.2 Å². The highest BCUT2D eigenvalue weighted by atomic mass is 79.9. The van der Waals surface area contributed by atoms with Gasteiger partial charge in [-0.2, -0.15) is 0 Å². The second-order valence-corrected chi connectivity index (χ2v) is 12.7. The molecule has 0 N–H and O–H groups in total. The number of esters is 1. The van der Waals surface area contributed by atoms with Crippen LogP contribution >= 0.6 is 59.1 Å². The number of methoxy groups -OCH3 is 1. The van der Waals surface area contributed by atoms with Gasteiger partial charge >= 0.3 is 5.97 Å². The van der Waals surface area contributed by atoms with E-state index < -0.39 is 12.0 Å². The number of rotatable bonds is 8. The fourth-order valence-electron chi connectivity index (χ4n) is 4.66. The molecular formula is C30H25Br3N2O6S. The molecule has 0 unspecified atom stereocenters. The van der Waals surface area contributed by atoms with E-state index in [1.54, 1.807) is 39.2 Å². The topological polar surface area (TPSA) is 92.3 Å². The number of benzene rings is 2. The third kappa shape index (κ3) is 5.82. The number of fused-ring (bicyclic) bond motifs is 1. The Bertz CT molecular complexity index is 1910. The number of halogens is 3. The Morgan fingerprint density at radius 1 is 1.07 bits per heavy atom. The number of allylic oxidation sites excluding steroid dienone is 1. The molecule has 0 saturated heterocycles. The van der Waals surface area contributed by atoms with Crippen molar-refractivity contribution in [1.29, 1.82) is 0 Å². The zero-order chi connectivity index (χ0) is 30.1. The van der Waals surface area contributed by atoms with E-state index in [2.05, 4.69) is 52.8 Å². The van der Waals surface area contributed by atoms with E-state index in [4.69, 9.17) is 18.6 Å². The molecule has 2 aromatic carbocycles. The normalized spacial score (nSPS) is 14.9. The maximum absolute atomic E-state index is 14.0. The Hall–Kier alpha value is -2.93. The first-order chi connectivity index (χ1) is 20.2. The minimum absolute atomic E-state index is 0.176. The average Bonchev–Trinajstić information content (AvgIpc) is 3.54. The standard InChI is InChI=1S/C30H25Br3N2O6S/c1-5-39-24-13-19(21(33)14-23(24)38-4)27-26(29(37)40-6-2)15(3)34-30-35(27)28(36)25(42-30)12-17-8-10-22(41-17)18-11-16(31)7-9-20(18)32/h7-14,27H,5-6H2,1-4H3/b25-12+/t27-/m0/s1. The predicted octanol–water partition coefficient (Wildman–Crippen LogP) is 6.75. The molecule has 0 saturated carbocycles. The molecule has 0 amide bonds. The molecule has 4 aromatic rings. The predicted molar refractivity (Wildman–Crippen MR) is 172 cm³/mol. The van der Waals surface area contributed by atoms with Crippen LogP contribution in [0.5, 0.6) is 11.5 Å². The van der Waals surface area contributed by atoms with Gasteiger partial charge in [0.2, 0.25) is 0 Å². The van der Waals surface area contributed by atoms with E-state index in [1.165, 1.54) is 15.9 Å². The smallest absolute Gasteiger partial charge is 0.338 e. The molecule has 5 rings (SSSR count). The average molecular weight is 781 g/mol. The molecule has 0 aliphatic carbocycles. The van der Waals surface area contributed by atoms with Crippen molar-refractivity contribution in [1.82, 2.24) is 4.57 Å². The summed E-state index contributed by atoms with van der Waals surface area (Å²) in [6, 6.07) is 12.2. The van der Waals surface area contributed by atoms with E-state index in [1.807, 2.05) is 37.3 Å². The molecule has 2 aromatic heterocycles. The lowest BCUT2D eigenvalue weighted by Crippen LogP contribution is -2.40. The summed E-state index contributed by atoms with van der Waals surface area (Å²) in [6.07, 6.45) is 1.69. The van der Waals surface area contributed by atoms with Crippen molar-refractivity contribution in [3.63, 3.8) is 0 Å². The number of ether oxygens (including phenoxy) is 3. The molecule has 1 aliphatic heterocycles. The van der Waals surface area contributed by atoms with Crippen molar-refractivity contribution < 1.29 is 23.4 Å². The quantitative estimate of drug-likeness (QED) is 0.184. The van der Waals surface area contributed by atoms with Crippen LogP contribution in [0.3, 0.4) is 0 Å². The first-order valence-corrected chi connectivity index (χ1v) is 16.1. The number of carbonyl (C=O) groups is 1. The molecule has 42 heavy (non-hydrogen) atoms. The number of furan rings is 1. The summed E-state index contributed by atoms with van der Waals surface area (Å²) >= 11 is 11.9. The van der Waals surface area contributed by atoms with Gasteiger partial charge in [-0.05, 0) is 68.8 Å². The molecule has 0 bridgehead atoms. The fraction of sp³-hybridized carbons (Fsp3) is 0.233. The first-order valence-electron chi connectivity index (χ1n) is 12.9. The lowest BCUT2D eigenvalue weighted by atomic mass is 9.95. The Labute approximate surface area is 270 Å². The van der Waals surface area contributed by atoms with E-state index in [0.717, 1.165) is 14.5 Å². The zero-order valence-corrected chi connectivity index (χ0v) is 28.6. The molecule has 218 valence electrons. The summed E-state index contributed by atoms with van der Waals surface area (Å²) in [5.74, 6) is 1.60. The van der Waals surface area contributed by atoms with Crippen molar-refractivity contribution >= 4 is 71.2 Å². The Morgan fingerprint density at radius 2 is 1.86 bits per heavy atom. The number of nitrogens with zero attached hydrogens (tertiary/aromatic N) is 2. The summed E-state index contributed by atoms with van der Waals surface area (Å²) in [5.41, 5.74) is 1.91. The van der Waals surface area contributed by atoms with Gasteiger partial charge in [0.15, 0.2) is 16.3 Å². The van der Waals surface area contributed by atoms with Crippen molar-refractivity contribution in [3.8, 4) is 22.8 Å². The second-order valence-electron chi connectivity index (χ2n) is 9.09. The van der Waals surface area contributed by atoms with Crippen molar-refractivity contribution in [2.45, 2.75) is 26.8 Å². The Balaban J connectivity index is 1.69. The first kappa shape index (κ1) is 30.5. The van der Waals surface area contributed by atoms with Crippen molar-refractivity contribution in [2.24, 2.45) is 4.99 Å². The minimum Gasteiger partial charge on any atom is -0.493 e. The van der Waals surface area contributed by atoms with E-state index >= 15 is 0 Å². The monoisotopic (exact) mass is 778 g/mol. The molecule has 0 radical (unpaired) electrons. The van der Waals surface area contributed by atoms with Crippen LogP contribution in [-0.2, 0) is 9.53 Å². The van der Waals surface area contributed by atoms with Crippen LogP contribution in [0.1, 0.15) is 38.1 Å². The van der Waals surface area contributed by atoms with Gasteiger partial charge in [-0.3, -0.25) is 9.36 Å². The molecule has 0 spiro atoms. The molecular weight excluding hydrogens is 756 g/mol. The lowest BCUT2D eigenvalue weighted by Gasteiger charge is -2.26. The van der Waals surface area contributed by atoms with Crippen molar-refractivity contribution in [3.05, 3.63) is 98.2 Å². The minimum atomic E-state index is -0.827. The summed E-state index contributed by atoms with van der Waals surface area (Å²) in [4.78, 5) is 32.4. The highest BCUT2D eigenvalue weighted by molar-refractivity contribution is 9.11. The van der Waals surface area contributed by atoms with Crippen LogP contribution in [0.15, 0.2) is 81.4 Å². The van der Waals surface area contributed by atoms with E-state index in [-0.39, 0.29) is 17.7 Å². The maximum Gasteiger partial charge on any atom is 0.338 e. The highest BCUT2D eigenvalue weighted by Gasteiger charge is 2.35. The van der Waals surface area contributed by atoms with Crippen molar-refractivity contribution in [2.75, 3.05) is 20.3 Å². The fourth-order valence-corrected chi connectivity index (χ4v) is 7.03. The third-order valence-electron chi connectivity index (χ3n) is 6.49. The number of hydrogen-bond acceptors (Lipinski definition) is 8. The number of hydrogen-bond donors (Lipinski definition) is 0. The van der Waals surface area contributed by atoms with Gasteiger partial charge in [0.25, 0.3) is 5.56 Å². The van der Waals surface area contributed by atoms with E-state index in [9.17, 15) is 9.59 Å². The Kier molecular flexibility index (Phi) is 9.26. The Morgan fingerprint density at radius 3 is 2.57 bits per heavy atom. The highest BCUT2D eigenvalue weighted by Crippen LogP contribution is 2.41. The van der Waals surface area contributed by atoms with Gasteiger partial charge in [0.1, 0.15) is 11.5 Å². The number of thiazole rings is 1. The van der Waals surface area contributed by atoms with E-state index in [0.29, 0.717) is 54.7 Å². The SMILES string of the molecule is CCOC(=O)C1=C(C)N=c2s/c(=C/c3ccc(-c4cc(Br)ccc4Br)o3)c(=O)n2[C@H]1c1cc(OCC)c(OC)cc1Br.